The Kier molecular flexibility index (Phi) is 8.83. The molecular weight excluding hydrogens is 492 g/mol. The number of carbonyl (C=O) groups excluding carboxylic acids is 3. The van der Waals surface area contributed by atoms with E-state index >= 15 is 0 Å². The van der Waals surface area contributed by atoms with Crippen molar-refractivity contribution in [2.24, 2.45) is 5.92 Å². The van der Waals surface area contributed by atoms with Crippen LogP contribution in [-0.4, -0.2) is 30.1 Å². The first-order chi connectivity index (χ1) is 17.4. The lowest BCUT2D eigenvalue weighted by molar-refractivity contribution is -0.115. The largest absolute Gasteiger partial charge is 0.462 e. The van der Waals surface area contributed by atoms with Gasteiger partial charge in [-0.2, -0.15) is 0 Å². The third-order valence-corrected chi connectivity index (χ3v) is 8.10. The van der Waals surface area contributed by atoms with Crippen molar-refractivity contribution < 1.29 is 19.1 Å². The Morgan fingerprint density at radius 1 is 1.06 bits per heavy atom. The van der Waals surface area contributed by atoms with Gasteiger partial charge in [0, 0.05) is 15.5 Å². The second-order valence-electron chi connectivity index (χ2n) is 8.85. The Balaban J connectivity index is 1.37. The summed E-state index contributed by atoms with van der Waals surface area (Å²) >= 11 is 2.87. The molecule has 188 valence electrons. The molecule has 2 amide bonds. The van der Waals surface area contributed by atoms with E-state index in [9.17, 15) is 14.4 Å². The van der Waals surface area contributed by atoms with Gasteiger partial charge in [-0.25, -0.2) is 4.79 Å². The SMILES string of the molecule is CCOC(=O)c1c(NC(=O)CSc2cccc(NC(=O)Cc3ccccc3)c2)sc2c1CCC(C)C2. The molecule has 1 heterocycles. The molecule has 3 aromatic rings. The van der Waals surface area contributed by atoms with E-state index in [-0.39, 0.29) is 23.5 Å². The quantitative estimate of drug-likeness (QED) is 0.268. The van der Waals surface area contributed by atoms with E-state index in [2.05, 4.69) is 17.6 Å². The lowest BCUT2D eigenvalue weighted by Crippen LogP contribution is -2.17. The van der Waals surface area contributed by atoms with E-state index in [0.29, 0.717) is 35.2 Å². The van der Waals surface area contributed by atoms with Crippen LogP contribution in [0.4, 0.5) is 10.7 Å². The fraction of sp³-hybridized carbons (Fsp3) is 0.321. The number of hydrogen-bond donors (Lipinski definition) is 2. The van der Waals surface area contributed by atoms with Gasteiger partial charge in [-0.3, -0.25) is 9.59 Å². The number of thiophene rings is 1. The van der Waals surface area contributed by atoms with Gasteiger partial charge in [0.15, 0.2) is 0 Å². The maximum atomic E-state index is 12.8. The van der Waals surface area contributed by atoms with Crippen molar-refractivity contribution in [1.29, 1.82) is 0 Å². The van der Waals surface area contributed by atoms with Crippen LogP contribution in [0.15, 0.2) is 59.5 Å². The summed E-state index contributed by atoms with van der Waals surface area (Å²) in [6.45, 7) is 4.28. The van der Waals surface area contributed by atoms with Gasteiger partial charge in [0.25, 0.3) is 0 Å². The fourth-order valence-electron chi connectivity index (χ4n) is 4.22. The second kappa shape index (κ2) is 12.2. The Morgan fingerprint density at radius 2 is 1.86 bits per heavy atom. The molecule has 8 heteroatoms. The van der Waals surface area contributed by atoms with Crippen molar-refractivity contribution in [2.75, 3.05) is 23.0 Å². The number of benzene rings is 2. The molecule has 4 rings (SSSR count). The molecule has 1 atom stereocenters. The molecule has 0 saturated heterocycles. The van der Waals surface area contributed by atoms with Crippen molar-refractivity contribution in [2.45, 2.75) is 44.4 Å². The maximum Gasteiger partial charge on any atom is 0.341 e. The van der Waals surface area contributed by atoms with Crippen LogP contribution in [0.3, 0.4) is 0 Å². The van der Waals surface area contributed by atoms with Crippen molar-refractivity contribution >= 4 is 51.6 Å². The number of fused-ring (bicyclic) bond motifs is 1. The molecule has 2 N–H and O–H groups in total. The average Bonchev–Trinajstić information content (AvgIpc) is 3.20. The number of rotatable bonds is 9. The maximum absolute atomic E-state index is 12.8. The van der Waals surface area contributed by atoms with Gasteiger partial charge in [0.05, 0.1) is 24.3 Å². The van der Waals surface area contributed by atoms with Crippen LogP contribution in [0.25, 0.3) is 0 Å². The minimum atomic E-state index is -0.369. The first-order valence-corrected chi connectivity index (χ1v) is 13.9. The van der Waals surface area contributed by atoms with Crippen molar-refractivity contribution in [3.05, 3.63) is 76.2 Å². The highest BCUT2D eigenvalue weighted by molar-refractivity contribution is 8.00. The molecule has 1 aliphatic carbocycles. The summed E-state index contributed by atoms with van der Waals surface area (Å²) in [5.74, 6) is 0.0966. The first kappa shape index (κ1) is 26.0. The van der Waals surface area contributed by atoms with Crippen LogP contribution in [0, 0.1) is 5.92 Å². The number of nitrogens with one attached hydrogen (secondary N) is 2. The van der Waals surface area contributed by atoms with Crippen LogP contribution < -0.4 is 10.6 Å². The fourth-order valence-corrected chi connectivity index (χ4v) is 6.39. The van der Waals surface area contributed by atoms with Crippen LogP contribution in [0.1, 0.15) is 46.6 Å². The van der Waals surface area contributed by atoms with Gasteiger partial charge in [0.1, 0.15) is 5.00 Å². The second-order valence-corrected chi connectivity index (χ2v) is 11.0. The number of carbonyl (C=O) groups is 3. The summed E-state index contributed by atoms with van der Waals surface area (Å²) in [6, 6.07) is 17.0. The van der Waals surface area contributed by atoms with Crippen molar-refractivity contribution in [3.63, 3.8) is 0 Å². The minimum Gasteiger partial charge on any atom is -0.462 e. The van der Waals surface area contributed by atoms with E-state index in [0.717, 1.165) is 35.3 Å². The molecule has 0 spiro atoms. The van der Waals surface area contributed by atoms with Crippen LogP contribution in [0.5, 0.6) is 0 Å². The van der Waals surface area contributed by atoms with E-state index in [1.165, 1.54) is 28.0 Å². The van der Waals surface area contributed by atoms with E-state index < -0.39 is 0 Å². The lowest BCUT2D eigenvalue weighted by atomic mass is 9.88. The van der Waals surface area contributed by atoms with Gasteiger partial charge in [-0.1, -0.05) is 43.3 Å². The van der Waals surface area contributed by atoms with Gasteiger partial charge in [-0.05, 0) is 61.4 Å². The lowest BCUT2D eigenvalue weighted by Gasteiger charge is -2.18. The third-order valence-electron chi connectivity index (χ3n) is 5.94. The molecular formula is C28H30N2O4S2. The smallest absolute Gasteiger partial charge is 0.341 e. The molecule has 0 bridgehead atoms. The highest BCUT2D eigenvalue weighted by Crippen LogP contribution is 2.40. The molecule has 0 radical (unpaired) electrons. The molecule has 1 aromatic heterocycles. The van der Waals surface area contributed by atoms with E-state index in [1.807, 2.05) is 54.6 Å². The zero-order valence-electron chi connectivity index (χ0n) is 20.5. The molecule has 0 fully saturated rings. The normalized spacial score (nSPS) is 14.6. The molecule has 2 aromatic carbocycles. The Bertz CT molecular complexity index is 1240. The van der Waals surface area contributed by atoms with E-state index in [1.54, 1.807) is 6.92 Å². The van der Waals surface area contributed by atoms with Gasteiger partial charge in [-0.15, -0.1) is 23.1 Å². The molecule has 6 nitrogen and oxygen atoms in total. The van der Waals surface area contributed by atoms with Gasteiger partial charge in [0.2, 0.25) is 11.8 Å². The molecule has 0 aliphatic heterocycles. The molecule has 36 heavy (non-hydrogen) atoms. The summed E-state index contributed by atoms with van der Waals surface area (Å²) in [6.07, 6.45) is 3.07. The van der Waals surface area contributed by atoms with Crippen LogP contribution in [-0.2, 0) is 33.6 Å². The highest BCUT2D eigenvalue weighted by Gasteiger charge is 2.29. The zero-order valence-corrected chi connectivity index (χ0v) is 22.1. The number of ether oxygens (including phenoxy) is 1. The topological polar surface area (TPSA) is 84.5 Å². The summed E-state index contributed by atoms with van der Waals surface area (Å²) in [5, 5.41) is 6.46. The number of esters is 1. The van der Waals surface area contributed by atoms with Gasteiger partial charge < -0.3 is 15.4 Å². The predicted molar refractivity (Wildman–Crippen MR) is 146 cm³/mol. The highest BCUT2D eigenvalue weighted by atomic mass is 32.2. The average molecular weight is 523 g/mol. The summed E-state index contributed by atoms with van der Waals surface area (Å²) < 4.78 is 5.29. The summed E-state index contributed by atoms with van der Waals surface area (Å²) in [5.41, 5.74) is 3.18. The van der Waals surface area contributed by atoms with Crippen LogP contribution >= 0.6 is 23.1 Å². The predicted octanol–water partition coefficient (Wildman–Crippen LogP) is 5.96. The van der Waals surface area contributed by atoms with E-state index in [4.69, 9.17) is 4.74 Å². The van der Waals surface area contributed by atoms with Crippen molar-refractivity contribution in [3.8, 4) is 0 Å². The number of hydrogen-bond acceptors (Lipinski definition) is 6. The third kappa shape index (κ3) is 6.77. The standard InChI is InChI=1S/C28H30N2O4S2/c1-3-34-28(33)26-22-13-12-18(2)14-23(22)36-27(26)30-25(32)17-35-21-11-7-10-20(16-21)29-24(31)15-19-8-5-4-6-9-19/h4-11,16,18H,3,12-15,17H2,1-2H3,(H,29,31)(H,30,32). The monoisotopic (exact) mass is 522 g/mol. The number of thioether (sulfide) groups is 1. The Hall–Kier alpha value is -3.10. The minimum absolute atomic E-state index is 0.0939. The zero-order chi connectivity index (χ0) is 25.5. The Labute approximate surface area is 219 Å². The first-order valence-electron chi connectivity index (χ1n) is 12.1. The van der Waals surface area contributed by atoms with Crippen LogP contribution in [0.2, 0.25) is 0 Å². The molecule has 1 unspecified atom stereocenters. The van der Waals surface area contributed by atoms with Crippen molar-refractivity contribution in [1.82, 2.24) is 0 Å². The Morgan fingerprint density at radius 3 is 2.64 bits per heavy atom. The molecule has 0 saturated carbocycles. The van der Waals surface area contributed by atoms with Gasteiger partial charge >= 0.3 is 5.97 Å². The number of amides is 2. The summed E-state index contributed by atoms with van der Waals surface area (Å²) in [4.78, 5) is 39.9. The summed E-state index contributed by atoms with van der Waals surface area (Å²) in [7, 11) is 0. The molecule has 1 aliphatic rings. The number of anilines is 2.